The monoisotopic (exact) mass is 340 g/mol. The largest absolute Gasteiger partial charge is 0.507 e. The van der Waals surface area contributed by atoms with Crippen LogP contribution in [0.25, 0.3) is 0 Å². The highest BCUT2D eigenvalue weighted by atomic mass is 79.9. The smallest absolute Gasteiger partial charge is 0.251 e. The fourth-order valence-corrected chi connectivity index (χ4v) is 2.74. The molecule has 5 heteroatoms. The average Bonchev–Trinajstić information content (AvgIpc) is 2.44. The molecule has 2 N–H and O–H groups in total. The molecule has 1 heterocycles. The number of rotatable bonds is 4. The second kappa shape index (κ2) is 7.09. The van der Waals surface area contributed by atoms with Crippen LogP contribution in [0.1, 0.15) is 29.6 Å². The van der Waals surface area contributed by atoms with Crippen molar-refractivity contribution in [1.29, 1.82) is 0 Å². The first-order valence-electron chi connectivity index (χ1n) is 7.01. The summed E-state index contributed by atoms with van der Waals surface area (Å²) in [5, 5.41) is 12.5. The van der Waals surface area contributed by atoms with Gasteiger partial charge in [0.05, 0.1) is 4.47 Å². The van der Waals surface area contributed by atoms with Crippen LogP contribution < -0.4 is 5.32 Å². The lowest BCUT2D eigenvalue weighted by molar-refractivity contribution is 0.0948. The lowest BCUT2D eigenvalue weighted by Gasteiger charge is -2.28. The number of amides is 1. The van der Waals surface area contributed by atoms with E-state index < -0.39 is 0 Å². The van der Waals surface area contributed by atoms with E-state index in [1.807, 2.05) is 0 Å². The molecule has 20 heavy (non-hydrogen) atoms. The summed E-state index contributed by atoms with van der Waals surface area (Å²) < 4.78 is 0.598. The second-order valence-corrected chi connectivity index (χ2v) is 6.31. The number of carbonyl (C=O) groups excluding carboxylic acids is 1. The molecule has 4 nitrogen and oxygen atoms in total. The molecule has 0 saturated carbocycles. The van der Waals surface area contributed by atoms with Crippen molar-refractivity contribution in [2.75, 3.05) is 26.7 Å². The van der Waals surface area contributed by atoms with Crippen molar-refractivity contribution in [2.45, 2.75) is 19.3 Å². The molecule has 1 aromatic carbocycles. The summed E-state index contributed by atoms with van der Waals surface area (Å²) in [6, 6.07) is 4.87. The first kappa shape index (κ1) is 15.3. The third kappa shape index (κ3) is 4.21. The van der Waals surface area contributed by atoms with E-state index in [-0.39, 0.29) is 11.7 Å². The molecule has 0 bridgehead atoms. The van der Waals surface area contributed by atoms with Crippen LogP contribution in [0.2, 0.25) is 0 Å². The van der Waals surface area contributed by atoms with Gasteiger partial charge in [0.25, 0.3) is 5.91 Å². The van der Waals surface area contributed by atoms with Crippen LogP contribution in [-0.2, 0) is 0 Å². The van der Waals surface area contributed by atoms with Crippen LogP contribution in [0.4, 0.5) is 0 Å². The Morgan fingerprint density at radius 2 is 2.15 bits per heavy atom. The van der Waals surface area contributed by atoms with Gasteiger partial charge in [0.15, 0.2) is 0 Å². The molecule has 0 unspecified atom stereocenters. The SMILES string of the molecule is CN1CCC(CCNC(=O)c2ccc(Br)c(O)c2)CC1. The number of carbonyl (C=O) groups is 1. The molecule has 0 aliphatic carbocycles. The molecule has 0 atom stereocenters. The maximum Gasteiger partial charge on any atom is 0.251 e. The third-order valence-electron chi connectivity index (χ3n) is 3.88. The zero-order chi connectivity index (χ0) is 14.5. The molecule has 1 aliphatic rings. The summed E-state index contributed by atoms with van der Waals surface area (Å²) in [5.41, 5.74) is 0.495. The molecule has 0 spiro atoms. The quantitative estimate of drug-likeness (QED) is 0.885. The summed E-state index contributed by atoms with van der Waals surface area (Å²) in [4.78, 5) is 14.3. The fraction of sp³-hybridized carbons (Fsp3) is 0.533. The van der Waals surface area contributed by atoms with Gasteiger partial charge in [-0.15, -0.1) is 0 Å². The first-order chi connectivity index (χ1) is 9.56. The van der Waals surface area contributed by atoms with Crippen molar-refractivity contribution >= 4 is 21.8 Å². The number of likely N-dealkylation sites (tertiary alicyclic amines) is 1. The second-order valence-electron chi connectivity index (χ2n) is 5.46. The predicted octanol–water partition coefficient (Wildman–Crippen LogP) is 2.62. The van der Waals surface area contributed by atoms with Crippen molar-refractivity contribution in [3.8, 4) is 5.75 Å². The number of phenols is 1. The van der Waals surface area contributed by atoms with Gasteiger partial charge in [0.1, 0.15) is 5.75 Å². The maximum absolute atomic E-state index is 12.0. The molecule has 110 valence electrons. The van der Waals surface area contributed by atoms with Gasteiger partial charge in [-0.1, -0.05) is 0 Å². The third-order valence-corrected chi connectivity index (χ3v) is 4.56. The zero-order valence-electron chi connectivity index (χ0n) is 11.7. The van der Waals surface area contributed by atoms with Gasteiger partial charge in [-0.3, -0.25) is 4.79 Å². The van der Waals surface area contributed by atoms with E-state index in [1.165, 1.54) is 18.9 Å². The highest BCUT2D eigenvalue weighted by Gasteiger charge is 2.16. The summed E-state index contributed by atoms with van der Waals surface area (Å²) in [6.45, 7) is 3.00. The van der Waals surface area contributed by atoms with E-state index in [1.54, 1.807) is 12.1 Å². The molecular weight excluding hydrogens is 320 g/mol. The predicted molar refractivity (Wildman–Crippen MR) is 83.0 cm³/mol. The van der Waals surface area contributed by atoms with E-state index in [4.69, 9.17) is 0 Å². The summed E-state index contributed by atoms with van der Waals surface area (Å²) in [6.07, 6.45) is 3.46. The number of piperidine rings is 1. The minimum Gasteiger partial charge on any atom is -0.507 e. The van der Waals surface area contributed by atoms with Crippen molar-refractivity contribution in [1.82, 2.24) is 10.2 Å². The molecule has 1 aromatic rings. The van der Waals surface area contributed by atoms with Crippen LogP contribution in [-0.4, -0.2) is 42.6 Å². The Kier molecular flexibility index (Phi) is 5.43. The van der Waals surface area contributed by atoms with E-state index in [9.17, 15) is 9.90 Å². The van der Waals surface area contributed by atoms with Gasteiger partial charge in [-0.2, -0.15) is 0 Å². The zero-order valence-corrected chi connectivity index (χ0v) is 13.3. The Morgan fingerprint density at radius 1 is 1.45 bits per heavy atom. The number of halogens is 1. The molecular formula is C15H21BrN2O2. The van der Waals surface area contributed by atoms with Gasteiger partial charge < -0.3 is 15.3 Å². The Morgan fingerprint density at radius 3 is 2.80 bits per heavy atom. The number of nitrogens with zero attached hydrogens (tertiary/aromatic N) is 1. The number of benzene rings is 1. The Hall–Kier alpha value is -1.07. The summed E-state index contributed by atoms with van der Waals surface area (Å²) in [5.74, 6) is 0.679. The molecule has 0 aromatic heterocycles. The van der Waals surface area contributed by atoms with Gasteiger partial charge in [-0.05, 0) is 79.4 Å². The molecule has 1 amide bonds. The number of aromatic hydroxyl groups is 1. The van der Waals surface area contributed by atoms with E-state index in [0.29, 0.717) is 22.5 Å². The maximum atomic E-state index is 12.0. The summed E-state index contributed by atoms with van der Waals surface area (Å²) in [7, 11) is 2.15. The lowest BCUT2D eigenvalue weighted by Crippen LogP contribution is -2.32. The first-order valence-corrected chi connectivity index (χ1v) is 7.81. The van der Waals surface area contributed by atoms with E-state index >= 15 is 0 Å². The molecule has 1 saturated heterocycles. The number of nitrogens with one attached hydrogen (secondary N) is 1. The molecule has 2 rings (SSSR count). The van der Waals surface area contributed by atoms with Crippen LogP contribution in [0.3, 0.4) is 0 Å². The topological polar surface area (TPSA) is 52.6 Å². The number of phenolic OH excluding ortho intramolecular Hbond substituents is 1. The highest BCUT2D eigenvalue weighted by Crippen LogP contribution is 2.24. The molecule has 1 aliphatic heterocycles. The van der Waals surface area contributed by atoms with Crippen molar-refractivity contribution in [3.63, 3.8) is 0 Å². The minimum atomic E-state index is -0.124. The molecule has 1 fully saturated rings. The standard InChI is InChI=1S/C15H21BrN2O2/c1-18-8-5-11(6-9-18)4-7-17-15(20)12-2-3-13(16)14(19)10-12/h2-3,10-11,19H,4-9H2,1H3,(H,17,20). The lowest BCUT2D eigenvalue weighted by atomic mass is 9.94. The summed E-state index contributed by atoms with van der Waals surface area (Å²) >= 11 is 3.20. The molecule has 0 radical (unpaired) electrons. The number of hydrogen-bond donors (Lipinski definition) is 2. The van der Waals surface area contributed by atoms with Crippen molar-refractivity contribution in [2.24, 2.45) is 5.92 Å². The van der Waals surface area contributed by atoms with Crippen molar-refractivity contribution in [3.05, 3.63) is 28.2 Å². The van der Waals surface area contributed by atoms with Crippen LogP contribution >= 0.6 is 15.9 Å². The highest BCUT2D eigenvalue weighted by molar-refractivity contribution is 9.10. The minimum absolute atomic E-state index is 0.0907. The normalized spacial score (nSPS) is 17.1. The van der Waals surface area contributed by atoms with Gasteiger partial charge in [-0.25, -0.2) is 0 Å². The van der Waals surface area contributed by atoms with Gasteiger partial charge in [0.2, 0.25) is 0 Å². The van der Waals surface area contributed by atoms with Crippen LogP contribution in [0.15, 0.2) is 22.7 Å². The van der Waals surface area contributed by atoms with Crippen LogP contribution in [0, 0.1) is 5.92 Å². The van der Waals surface area contributed by atoms with Crippen LogP contribution in [0.5, 0.6) is 5.75 Å². The number of hydrogen-bond acceptors (Lipinski definition) is 3. The Bertz CT molecular complexity index is 471. The Balaban J connectivity index is 1.76. The van der Waals surface area contributed by atoms with E-state index in [2.05, 4.69) is 33.2 Å². The van der Waals surface area contributed by atoms with Crippen molar-refractivity contribution < 1.29 is 9.90 Å². The van der Waals surface area contributed by atoms with Gasteiger partial charge >= 0.3 is 0 Å². The van der Waals surface area contributed by atoms with E-state index in [0.717, 1.165) is 19.5 Å². The van der Waals surface area contributed by atoms with Gasteiger partial charge in [0, 0.05) is 12.1 Å². The average molecular weight is 341 g/mol. The fourth-order valence-electron chi connectivity index (χ4n) is 2.50. The Labute approximate surface area is 128 Å².